The summed E-state index contributed by atoms with van der Waals surface area (Å²) in [5.74, 6) is 0.605. The van der Waals surface area contributed by atoms with Crippen LogP contribution in [0.3, 0.4) is 0 Å². The molecule has 5 rings (SSSR count). The lowest BCUT2D eigenvalue weighted by molar-refractivity contribution is -0.0286. The lowest BCUT2D eigenvalue weighted by Gasteiger charge is -2.42. The molecular formula is C26H29N5O2. The lowest BCUT2D eigenvalue weighted by Crippen LogP contribution is -2.46. The summed E-state index contributed by atoms with van der Waals surface area (Å²) in [6.07, 6.45) is 4.20. The molecule has 33 heavy (non-hydrogen) atoms. The fraction of sp³-hybridized carbons (Fsp3) is 0.423. The summed E-state index contributed by atoms with van der Waals surface area (Å²) >= 11 is 0. The summed E-state index contributed by atoms with van der Waals surface area (Å²) in [4.78, 5) is 19.6. The van der Waals surface area contributed by atoms with Crippen LogP contribution in [0.5, 0.6) is 0 Å². The number of aromatic nitrogens is 2. The smallest absolute Gasteiger partial charge is 0.252 e. The molecule has 170 valence electrons. The average Bonchev–Trinajstić information content (AvgIpc) is 2.83. The normalized spacial score (nSPS) is 20.7. The largest absolute Gasteiger partial charge is 0.381 e. The number of nitrogens with zero attached hydrogens (tertiary/aromatic N) is 4. The van der Waals surface area contributed by atoms with E-state index in [2.05, 4.69) is 51.6 Å². The highest BCUT2D eigenvalue weighted by Gasteiger charge is 2.30. The summed E-state index contributed by atoms with van der Waals surface area (Å²) in [6, 6.07) is 18.6. The molecule has 0 atom stereocenters. The Morgan fingerprint density at radius 1 is 1.15 bits per heavy atom. The van der Waals surface area contributed by atoms with Crippen molar-refractivity contribution in [3.05, 3.63) is 64.6 Å². The molecule has 1 N–H and O–H groups in total. The van der Waals surface area contributed by atoms with Crippen LogP contribution in [0.15, 0.2) is 53.3 Å². The van der Waals surface area contributed by atoms with Crippen molar-refractivity contribution in [1.29, 1.82) is 5.26 Å². The topological polar surface area (TPSA) is 83.2 Å². The molecule has 1 aliphatic carbocycles. The Kier molecular flexibility index (Phi) is 6.01. The first-order chi connectivity index (χ1) is 16.1. The van der Waals surface area contributed by atoms with Gasteiger partial charge < -0.3 is 19.5 Å². The molecule has 2 fully saturated rings. The first-order valence-corrected chi connectivity index (χ1v) is 11.7. The van der Waals surface area contributed by atoms with Gasteiger partial charge in [0, 0.05) is 43.3 Å². The SMILES string of the molecule is Cn1c(=O)cc(NC2CCC(N(CC3COC3)c3ccccc3)CC2)c2nc(C#N)ccc21. The van der Waals surface area contributed by atoms with Crippen molar-refractivity contribution in [2.75, 3.05) is 30.0 Å². The van der Waals surface area contributed by atoms with Crippen molar-refractivity contribution >= 4 is 22.4 Å². The van der Waals surface area contributed by atoms with E-state index in [1.807, 2.05) is 0 Å². The van der Waals surface area contributed by atoms with E-state index in [1.54, 1.807) is 29.8 Å². The number of aryl methyl sites for hydroxylation is 1. The second-order valence-electron chi connectivity index (χ2n) is 9.17. The standard InChI is InChI=1S/C26H29N5O2/c1-30-24-12-9-20(14-27)29-26(24)23(13-25(30)32)28-19-7-10-22(11-8-19)31(15-18-16-33-17-18)21-5-3-2-4-6-21/h2-6,9,12-13,18-19,22,28H,7-8,10-11,15-17H2,1H3. The third-order valence-corrected chi connectivity index (χ3v) is 6.95. The van der Waals surface area contributed by atoms with Crippen LogP contribution in [-0.4, -0.2) is 41.4 Å². The molecule has 7 heteroatoms. The maximum Gasteiger partial charge on any atom is 0.252 e. The van der Waals surface area contributed by atoms with Crippen LogP contribution >= 0.6 is 0 Å². The summed E-state index contributed by atoms with van der Waals surface area (Å²) in [7, 11) is 1.73. The van der Waals surface area contributed by atoms with Crippen LogP contribution < -0.4 is 15.8 Å². The van der Waals surface area contributed by atoms with E-state index < -0.39 is 0 Å². The summed E-state index contributed by atoms with van der Waals surface area (Å²) in [5.41, 5.74) is 3.69. The van der Waals surface area contributed by atoms with Gasteiger partial charge in [0.05, 0.1) is 24.4 Å². The number of para-hydroxylation sites is 1. The van der Waals surface area contributed by atoms with Crippen LogP contribution in [0.25, 0.3) is 11.0 Å². The number of benzene rings is 1. The fourth-order valence-electron chi connectivity index (χ4n) is 5.00. The van der Waals surface area contributed by atoms with E-state index in [4.69, 9.17) is 4.74 Å². The number of rotatable bonds is 6. The molecule has 0 amide bonds. The Morgan fingerprint density at radius 2 is 1.91 bits per heavy atom. The zero-order chi connectivity index (χ0) is 22.8. The average molecular weight is 444 g/mol. The highest BCUT2D eigenvalue weighted by molar-refractivity contribution is 5.88. The van der Waals surface area contributed by atoms with E-state index in [0.29, 0.717) is 23.2 Å². The molecule has 2 aromatic heterocycles. The molecule has 0 spiro atoms. The molecule has 1 saturated heterocycles. The van der Waals surface area contributed by atoms with Gasteiger partial charge in [-0.1, -0.05) is 18.2 Å². The van der Waals surface area contributed by atoms with Crippen molar-refractivity contribution < 1.29 is 4.74 Å². The third-order valence-electron chi connectivity index (χ3n) is 6.95. The number of nitriles is 1. The van der Waals surface area contributed by atoms with Crippen molar-refractivity contribution in [1.82, 2.24) is 9.55 Å². The van der Waals surface area contributed by atoms with E-state index in [0.717, 1.165) is 56.6 Å². The highest BCUT2D eigenvalue weighted by atomic mass is 16.5. The van der Waals surface area contributed by atoms with E-state index in [-0.39, 0.29) is 11.6 Å². The van der Waals surface area contributed by atoms with Gasteiger partial charge in [0.2, 0.25) is 0 Å². The van der Waals surface area contributed by atoms with Gasteiger partial charge in [-0.05, 0) is 49.9 Å². The second kappa shape index (κ2) is 9.24. The Hall–Kier alpha value is -3.37. The molecule has 1 saturated carbocycles. The number of ether oxygens (including phenoxy) is 1. The Labute approximate surface area is 193 Å². The number of anilines is 2. The van der Waals surface area contributed by atoms with Crippen molar-refractivity contribution in [3.63, 3.8) is 0 Å². The maximum absolute atomic E-state index is 12.5. The number of hydrogen-bond donors (Lipinski definition) is 1. The van der Waals surface area contributed by atoms with Crippen molar-refractivity contribution in [2.24, 2.45) is 13.0 Å². The Morgan fingerprint density at radius 3 is 2.58 bits per heavy atom. The van der Waals surface area contributed by atoms with Crippen molar-refractivity contribution in [3.8, 4) is 6.07 Å². The highest BCUT2D eigenvalue weighted by Crippen LogP contribution is 2.31. The number of pyridine rings is 2. The summed E-state index contributed by atoms with van der Waals surface area (Å²) in [5, 5.41) is 12.9. The van der Waals surface area contributed by atoms with E-state index >= 15 is 0 Å². The van der Waals surface area contributed by atoms with Crippen LogP contribution in [0.1, 0.15) is 31.4 Å². The molecule has 7 nitrogen and oxygen atoms in total. The molecule has 0 unspecified atom stereocenters. The molecule has 3 heterocycles. The van der Waals surface area contributed by atoms with Gasteiger partial charge in [0.15, 0.2) is 0 Å². The third kappa shape index (κ3) is 4.44. The minimum Gasteiger partial charge on any atom is -0.381 e. The fourth-order valence-corrected chi connectivity index (χ4v) is 5.00. The van der Waals surface area contributed by atoms with Crippen LogP contribution in [-0.2, 0) is 11.8 Å². The first-order valence-electron chi connectivity index (χ1n) is 11.7. The van der Waals surface area contributed by atoms with Gasteiger partial charge in [0.25, 0.3) is 5.56 Å². The van der Waals surface area contributed by atoms with E-state index in [9.17, 15) is 10.1 Å². The molecule has 1 aromatic carbocycles. The van der Waals surface area contributed by atoms with Gasteiger partial charge in [-0.2, -0.15) is 5.26 Å². The summed E-state index contributed by atoms with van der Waals surface area (Å²) in [6.45, 7) is 2.74. The van der Waals surface area contributed by atoms with Crippen LogP contribution in [0, 0.1) is 17.2 Å². The zero-order valence-electron chi connectivity index (χ0n) is 18.9. The van der Waals surface area contributed by atoms with Crippen LogP contribution in [0.4, 0.5) is 11.4 Å². The molecular weight excluding hydrogens is 414 g/mol. The molecule has 3 aromatic rings. The van der Waals surface area contributed by atoms with Gasteiger partial charge >= 0.3 is 0 Å². The first kappa shape index (κ1) is 21.5. The monoisotopic (exact) mass is 443 g/mol. The van der Waals surface area contributed by atoms with Gasteiger partial charge in [-0.25, -0.2) is 4.98 Å². The predicted octanol–water partition coefficient (Wildman–Crippen LogP) is 3.68. The van der Waals surface area contributed by atoms with Crippen molar-refractivity contribution in [2.45, 2.75) is 37.8 Å². The quantitative estimate of drug-likeness (QED) is 0.626. The number of hydrogen-bond acceptors (Lipinski definition) is 6. The van der Waals surface area contributed by atoms with Gasteiger partial charge in [-0.3, -0.25) is 4.79 Å². The molecule has 0 radical (unpaired) electrons. The second-order valence-corrected chi connectivity index (χ2v) is 9.17. The molecule has 2 aliphatic rings. The zero-order valence-corrected chi connectivity index (χ0v) is 18.9. The van der Waals surface area contributed by atoms with Crippen LogP contribution in [0.2, 0.25) is 0 Å². The summed E-state index contributed by atoms with van der Waals surface area (Å²) < 4.78 is 7.00. The predicted molar refractivity (Wildman–Crippen MR) is 129 cm³/mol. The number of fused-ring (bicyclic) bond motifs is 1. The van der Waals surface area contributed by atoms with Gasteiger partial charge in [0.1, 0.15) is 17.3 Å². The molecule has 1 aliphatic heterocycles. The number of nitrogens with one attached hydrogen (secondary N) is 1. The minimum atomic E-state index is -0.0804. The maximum atomic E-state index is 12.5. The van der Waals surface area contributed by atoms with E-state index in [1.165, 1.54) is 5.69 Å². The minimum absolute atomic E-state index is 0.0804. The Balaban J connectivity index is 1.32. The molecule has 0 bridgehead atoms. The Bertz CT molecular complexity index is 1220. The lowest BCUT2D eigenvalue weighted by atomic mass is 9.89. The van der Waals surface area contributed by atoms with Gasteiger partial charge in [-0.15, -0.1) is 0 Å².